The Morgan fingerprint density at radius 1 is 1.39 bits per heavy atom. The first-order valence-corrected chi connectivity index (χ1v) is 7.18. The molecule has 0 saturated heterocycles. The molecule has 0 amide bonds. The van der Waals surface area contributed by atoms with E-state index in [0.717, 1.165) is 0 Å². The van der Waals surface area contributed by atoms with Gasteiger partial charge in [-0.1, -0.05) is 19.0 Å². The standard InChI is InChI=1S/C16H19FN2O4/c1-8(2)9(3)18-15-13(16(20)21)14(23-19-15)10-5-6-11(17)12(7-10)22-4/h5-9H,1-4H3,(H,18,19)(H,20,21)/t9-/m0/s1. The lowest BCUT2D eigenvalue weighted by molar-refractivity contribution is 0.0698. The summed E-state index contributed by atoms with van der Waals surface area (Å²) in [6.07, 6.45) is 0. The van der Waals surface area contributed by atoms with Crippen LogP contribution in [0.2, 0.25) is 0 Å². The number of hydrogen-bond acceptors (Lipinski definition) is 5. The SMILES string of the molecule is COc1cc(-c2onc(N[C@@H](C)C(C)C)c2C(=O)O)ccc1F. The fourth-order valence-electron chi connectivity index (χ4n) is 1.97. The number of ether oxygens (including phenoxy) is 1. The number of hydrogen-bond donors (Lipinski definition) is 2. The molecule has 7 heteroatoms. The van der Waals surface area contributed by atoms with Gasteiger partial charge in [0.15, 0.2) is 28.7 Å². The number of nitrogens with zero attached hydrogens (tertiary/aromatic N) is 1. The minimum atomic E-state index is -1.18. The third-order valence-electron chi connectivity index (χ3n) is 3.68. The van der Waals surface area contributed by atoms with Crippen molar-refractivity contribution in [3.8, 4) is 17.1 Å². The van der Waals surface area contributed by atoms with Crippen molar-refractivity contribution in [1.29, 1.82) is 0 Å². The molecule has 6 nitrogen and oxygen atoms in total. The maximum absolute atomic E-state index is 13.5. The summed E-state index contributed by atoms with van der Waals surface area (Å²) in [6.45, 7) is 5.93. The molecule has 1 atom stereocenters. The first-order valence-electron chi connectivity index (χ1n) is 7.18. The summed E-state index contributed by atoms with van der Waals surface area (Å²) in [5.41, 5.74) is 0.282. The van der Waals surface area contributed by atoms with E-state index in [1.807, 2.05) is 20.8 Å². The molecule has 1 aromatic carbocycles. The summed E-state index contributed by atoms with van der Waals surface area (Å²) in [5.74, 6) is -1.24. The number of carboxylic acids is 1. The zero-order valence-electron chi connectivity index (χ0n) is 13.4. The molecule has 2 rings (SSSR count). The van der Waals surface area contributed by atoms with E-state index >= 15 is 0 Å². The third-order valence-corrected chi connectivity index (χ3v) is 3.68. The second-order valence-electron chi connectivity index (χ2n) is 5.57. The number of aromatic nitrogens is 1. The average Bonchev–Trinajstić information content (AvgIpc) is 2.91. The van der Waals surface area contributed by atoms with E-state index in [9.17, 15) is 14.3 Å². The van der Waals surface area contributed by atoms with E-state index in [4.69, 9.17) is 9.26 Å². The number of carbonyl (C=O) groups is 1. The van der Waals surface area contributed by atoms with E-state index in [-0.39, 0.29) is 34.9 Å². The van der Waals surface area contributed by atoms with Gasteiger partial charge in [0.1, 0.15) is 0 Å². The van der Waals surface area contributed by atoms with Crippen molar-refractivity contribution >= 4 is 11.8 Å². The lowest BCUT2D eigenvalue weighted by Gasteiger charge is -2.16. The van der Waals surface area contributed by atoms with E-state index in [0.29, 0.717) is 5.56 Å². The second-order valence-corrected chi connectivity index (χ2v) is 5.57. The van der Waals surface area contributed by atoms with Gasteiger partial charge in [0, 0.05) is 11.6 Å². The predicted molar refractivity (Wildman–Crippen MR) is 83.3 cm³/mol. The van der Waals surface area contributed by atoms with Crippen molar-refractivity contribution in [2.24, 2.45) is 5.92 Å². The van der Waals surface area contributed by atoms with Gasteiger partial charge in [0.05, 0.1) is 7.11 Å². The highest BCUT2D eigenvalue weighted by Crippen LogP contribution is 2.33. The molecule has 1 heterocycles. The molecule has 0 aliphatic rings. The molecule has 2 N–H and O–H groups in total. The maximum Gasteiger partial charge on any atom is 0.343 e. The molecule has 0 bridgehead atoms. The molecule has 0 saturated carbocycles. The Bertz CT molecular complexity index is 712. The Hall–Kier alpha value is -2.57. The summed E-state index contributed by atoms with van der Waals surface area (Å²) >= 11 is 0. The molecule has 2 aromatic rings. The summed E-state index contributed by atoms with van der Waals surface area (Å²) < 4.78 is 23.6. The Balaban J connectivity index is 2.47. The minimum Gasteiger partial charge on any atom is -0.494 e. The topological polar surface area (TPSA) is 84.6 Å². The fraction of sp³-hybridized carbons (Fsp3) is 0.375. The zero-order valence-corrected chi connectivity index (χ0v) is 13.4. The van der Waals surface area contributed by atoms with Crippen LogP contribution >= 0.6 is 0 Å². The number of methoxy groups -OCH3 is 1. The molecule has 0 unspecified atom stereocenters. The first kappa shape index (κ1) is 16.8. The van der Waals surface area contributed by atoms with Crippen LogP contribution < -0.4 is 10.1 Å². The van der Waals surface area contributed by atoms with Crippen LogP contribution in [0.15, 0.2) is 22.7 Å². The highest BCUT2D eigenvalue weighted by Gasteiger charge is 2.25. The number of anilines is 1. The molecule has 23 heavy (non-hydrogen) atoms. The van der Waals surface area contributed by atoms with Crippen molar-refractivity contribution in [1.82, 2.24) is 5.16 Å². The number of benzene rings is 1. The maximum atomic E-state index is 13.5. The zero-order chi connectivity index (χ0) is 17.1. The van der Waals surface area contributed by atoms with Gasteiger partial charge in [0.2, 0.25) is 0 Å². The Labute approximate surface area is 133 Å². The number of aromatic carboxylic acids is 1. The van der Waals surface area contributed by atoms with Gasteiger partial charge in [-0.15, -0.1) is 0 Å². The molecule has 0 aliphatic heterocycles. The van der Waals surface area contributed by atoms with Gasteiger partial charge in [0.25, 0.3) is 0 Å². The van der Waals surface area contributed by atoms with Gasteiger partial charge in [-0.3, -0.25) is 0 Å². The number of rotatable bonds is 6. The van der Waals surface area contributed by atoms with Crippen LogP contribution in [0.1, 0.15) is 31.1 Å². The van der Waals surface area contributed by atoms with E-state index < -0.39 is 11.8 Å². The van der Waals surface area contributed by atoms with Crippen LogP contribution in [0.5, 0.6) is 5.75 Å². The molecule has 0 fully saturated rings. The van der Waals surface area contributed by atoms with Crippen LogP contribution in [0.25, 0.3) is 11.3 Å². The molecule has 0 aliphatic carbocycles. The smallest absolute Gasteiger partial charge is 0.343 e. The summed E-state index contributed by atoms with van der Waals surface area (Å²) in [6, 6.07) is 3.98. The van der Waals surface area contributed by atoms with E-state index in [1.54, 1.807) is 0 Å². The van der Waals surface area contributed by atoms with Crippen molar-refractivity contribution in [2.75, 3.05) is 12.4 Å². The Morgan fingerprint density at radius 3 is 2.65 bits per heavy atom. The van der Waals surface area contributed by atoms with Crippen molar-refractivity contribution < 1.29 is 23.6 Å². The van der Waals surface area contributed by atoms with Crippen LogP contribution in [0, 0.1) is 11.7 Å². The van der Waals surface area contributed by atoms with Gasteiger partial charge < -0.3 is 19.7 Å². The Morgan fingerprint density at radius 2 is 2.09 bits per heavy atom. The van der Waals surface area contributed by atoms with Crippen LogP contribution in [-0.4, -0.2) is 29.4 Å². The number of nitrogens with one attached hydrogen (secondary N) is 1. The first-order chi connectivity index (χ1) is 10.8. The monoisotopic (exact) mass is 322 g/mol. The van der Waals surface area contributed by atoms with E-state index in [2.05, 4.69) is 10.5 Å². The van der Waals surface area contributed by atoms with Gasteiger partial charge in [-0.2, -0.15) is 0 Å². The highest BCUT2D eigenvalue weighted by molar-refractivity contribution is 5.99. The minimum absolute atomic E-state index is 0.000274. The lowest BCUT2D eigenvalue weighted by atomic mass is 10.1. The quantitative estimate of drug-likeness (QED) is 0.844. The molecule has 124 valence electrons. The van der Waals surface area contributed by atoms with E-state index in [1.165, 1.54) is 25.3 Å². The summed E-state index contributed by atoms with van der Waals surface area (Å²) in [7, 11) is 1.33. The summed E-state index contributed by atoms with van der Waals surface area (Å²) in [5, 5.41) is 16.3. The van der Waals surface area contributed by atoms with Gasteiger partial charge in [-0.05, 0) is 31.0 Å². The molecular weight excluding hydrogens is 303 g/mol. The van der Waals surface area contributed by atoms with Gasteiger partial charge in [-0.25, -0.2) is 9.18 Å². The van der Waals surface area contributed by atoms with Crippen LogP contribution in [0.3, 0.4) is 0 Å². The average molecular weight is 322 g/mol. The van der Waals surface area contributed by atoms with Crippen LogP contribution in [0.4, 0.5) is 10.2 Å². The largest absolute Gasteiger partial charge is 0.494 e. The van der Waals surface area contributed by atoms with Crippen molar-refractivity contribution in [3.63, 3.8) is 0 Å². The Kier molecular flexibility index (Phi) is 4.88. The molecular formula is C16H19FN2O4. The van der Waals surface area contributed by atoms with Gasteiger partial charge >= 0.3 is 5.97 Å². The number of carboxylic acid groups (broad SMARTS) is 1. The lowest BCUT2D eigenvalue weighted by Crippen LogP contribution is -2.22. The summed E-state index contributed by atoms with van der Waals surface area (Å²) in [4.78, 5) is 11.6. The van der Waals surface area contributed by atoms with Crippen molar-refractivity contribution in [2.45, 2.75) is 26.8 Å². The second kappa shape index (κ2) is 6.68. The third kappa shape index (κ3) is 3.44. The predicted octanol–water partition coefficient (Wildman–Crippen LogP) is 3.64. The highest BCUT2D eigenvalue weighted by atomic mass is 19.1. The molecule has 0 spiro atoms. The normalized spacial score (nSPS) is 12.3. The molecule has 1 aromatic heterocycles. The number of halogens is 1. The fourth-order valence-corrected chi connectivity index (χ4v) is 1.97. The van der Waals surface area contributed by atoms with Crippen molar-refractivity contribution in [3.05, 3.63) is 29.6 Å². The van der Waals surface area contributed by atoms with Crippen LogP contribution in [-0.2, 0) is 0 Å². The molecule has 0 radical (unpaired) electrons.